The van der Waals surface area contributed by atoms with Crippen LogP contribution in [0.5, 0.6) is 5.75 Å². The number of likely N-dealkylation sites (tertiary alicyclic amines) is 1. The third-order valence-electron chi connectivity index (χ3n) is 10.9. The lowest BCUT2D eigenvalue weighted by Crippen LogP contribution is -2.59. The predicted molar refractivity (Wildman–Crippen MR) is 211 cm³/mol. The molecule has 1 fully saturated rings. The van der Waals surface area contributed by atoms with Gasteiger partial charge < -0.3 is 14.5 Å². The molecule has 0 aliphatic carbocycles. The average Bonchev–Trinajstić information content (AvgIpc) is 3.35. The van der Waals surface area contributed by atoms with Crippen molar-refractivity contribution in [2.75, 3.05) is 33.3 Å². The normalized spacial score (nSPS) is 21.0. The zero-order chi connectivity index (χ0) is 38.0. The molecule has 1 aromatic heterocycles. The molecule has 0 radical (unpaired) electrons. The molecular weight excluding hydrogens is 693 g/mol. The van der Waals surface area contributed by atoms with Crippen LogP contribution in [0, 0.1) is 11.8 Å². The van der Waals surface area contributed by atoms with Crippen LogP contribution in [0.2, 0.25) is 10.0 Å². The van der Waals surface area contributed by atoms with Gasteiger partial charge >= 0.3 is 6.03 Å². The zero-order valence-electron chi connectivity index (χ0n) is 32.3. The first-order valence-electron chi connectivity index (χ1n) is 18.6. The Bertz CT molecular complexity index is 1760. The van der Waals surface area contributed by atoms with E-state index in [2.05, 4.69) is 48.5 Å². The van der Waals surface area contributed by atoms with Crippen molar-refractivity contribution in [1.29, 1.82) is 0 Å². The Morgan fingerprint density at radius 1 is 0.981 bits per heavy atom. The fourth-order valence-corrected chi connectivity index (χ4v) is 7.56. The summed E-state index contributed by atoms with van der Waals surface area (Å²) < 4.78 is 6.30. The van der Waals surface area contributed by atoms with Gasteiger partial charge in [-0.15, -0.1) is 0 Å². The summed E-state index contributed by atoms with van der Waals surface area (Å²) in [5.41, 5.74) is 1.10. The number of benzene rings is 2. The van der Waals surface area contributed by atoms with E-state index in [1.54, 1.807) is 6.20 Å². The summed E-state index contributed by atoms with van der Waals surface area (Å²) in [5, 5.41) is 1.22. The van der Waals surface area contributed by atoms with Crippen molar-refractivity contribution in [3.05, 3.63) is 93.2 Å². The molecule has 0 spiro atoms. The van der Waals surface area contributed by atoms with Crippen LogP contribution in [0.25, 0.3) is 0 Å². The van der Waals surface area contributed by atoms with Gasteiger partial charge in [-0.05, 0) is 87.3 Å². The van der Waals surface area contributed by atoms with Crippen molar-refractivity contribution in [3.63, 3.8) is 0 Å². The minimum atomic E-state index is -1.02. The van der Waals surface area contributed by atoms with Gasteiger partial charge in [0, 0.05) is 66.5 Å². The number of aromatic nitrogens is 1. The summed E-state index contributed by atoms with van der Waals surface area (Å²) in [6.45, 7) is 19.1. The lowest BCUT2D eigenvalue weighted by atomic mass is 9.71. The highest BCUT2D eigenvalue weighted by molar-refractivity contribution is 6.30. The molecule has 2 atom stereocenters. The lowest BCUT2D eigenvalue weighted by molar-refractivity contribution is -0.131. The van der Waals surface area contributed by atoms with E-state index in [0.717, 1.165) is 42.6 Å². The Hall–Kier alpha value is -3.62. The van der Waals surface area contributed by atoms with Gasteiger partial charge in [0.05, 0.1) is 12.2 Å². The summed E-state index contributed by atoms with van der Waals surface area (Å²) in [4.78, 5) is 44.4. The molecule has 3 heterocycles. The predicted octanol–water partition coefficient (Wildman–Crippen LogP) is 9.70. The maximum Gasteiger partial charge on any atom is 0.326 e. The van der Waals surface area contributed by atoms with Gasteiger partial charge in [0.1, 0.15) is 22.7 Å². The van der Waals surface area contributed by atoms with Crippen LogP contribution in [-0.4, -0.2) is 70.7 Å². The van der Waals surface area contributed by atoms with Gasteiger partial charge in [-0.1, -0.05) is 82.1 Å². The van der Waals surface area contributed by atoms with E-state index in [1.807, 2.05) is 83.3 Å². The van der Waals surface area contributed by atoms with Gasteiger partial charge in [-0.2, -0.15) is 0 Å². The zero-order valence-corrected chi connectivity index (χ0v) is 33.8. The molecule has 10 heteroatoms. The molecule has 0 N–H and O–H groups in total. The maximum atomic E-state index is 15.3. The van der Waals surface area contributed by atoms with Gasteiger partial charge in [0.25, 0.3) is 0 Å². The minimum Gasteiger partial charge on any atom is -0.493 e. The van der Waals surface area contributed by atoms with Gasteiger partial charge in [-0.3, -0.25) is 19.7 Å². The number of hydrogen-bond acceptors (Lipinski definition) is 5. The average molecular weight is 749 g/mol. The summed E-state index contributed by atoms with van der Waals surface area (Å²) in [6.07, 6.45) is 4.76. The van der Waals surface area contributed by atoms with Crippen LogP contribution < -0.4 is 4.74 Å². The fraction of sp³-hybridized carbons (Fsp3) is 0.524. The third kappa shape index (κ3) is 7.98. The topological polar surface area (TPSA) is 78.3 Å². The van der Waals surface area contributed by atoms with Crippen molar-refractivity contribution >= 4 is 41.0 Å². The highest BCUT2D eigenvalue weighted by Crippen LogP contribution is 2.54. The molecule has 52 heavy (non-hydrogen) atoms. The molecule has 5 rings (SSSR count). The van der Waals surface area contributed by atoms with Crippen molar-refractivity contribution in [2.45, 2.75) is 97.6 Å². The highest BCUT2D eigenvalue weighted by Gasteiger charge is 2.60. The van der Waals surface area contributed by atoms with Crippen molar-refractivity contribution in [2.24, 2.45) is 16.8 Å². The Morgan fingerprint density at radius 2 is 1.56 bits per heavy atom. The number of amides is 3. The number of halogens is 2. The number of rotatable bonds is 10. The van der Waals surface area contributed by atoms with E-state index >= 15 is 4.79 Å². The number of urea groups is 1. The number of ether oxygens (including phenoxy) is 1. The number of nitrogens with zero attached hydrogens (tertiary/aromatic N) is 5. The summed E-state index contributed by atoms with van der Waals surface area (Å²) >= 11 is 12.8. The first-order chi connectivity index (χ1) is 24.5. The molecule has 2 aliphatic heterocycles. The number of pyridine rings is 1. The second-order valence-corrected chi connectivity index (χ2v) is 17.0. The van der Waals surface area contributed by atoms with E-state index < -0.39 is 11.1 Å². The Labute approximate surface area is 320 Å². The smallest absolute Gasteiger partial charge is 0.326 e. The van der Waals surface area contributed by atoms with Gasteiger partial charge in [0.15, 0.2) is 0 Å². The standard InChI is InChI=1S/C42H55Cl2N5O3/c1-10-52-35-26-36(40(4,5)6)45-27-34(35)38-46-41(7,30-11-15-32(43)16-12-30)42(8,31-13-17-33(44)18-14-31)49(38)39(51)48-23-20-29(21-24-48)25-37(50)47(9)22-19-28(2)3/h11-18,26-29H,10,19-25H2,1-9H3/t41-,42+/m0/s1. The van der Waals surface area contributed by atoms with Crippen LogP contribution in [-0.2, 0) is 21.3 Å². The molecule has 0 bridgehead atoms. The number of hydrogen-bond donors (Lipinski definition) is 0. The molecule has 3 amide bonds. The first kappa shape index (κ1) is 39.6. The molecular formula is C42H55Cl2N5O3. The SMILES string of the molecule is CCOc1cc(C(C)(C)C)ncc1C1=N[C@@](C)(c2ccc(Cl)cc2)[C@@](C)(c2ccc(Cl)cc2)N1C(=O)N1CCC(CC(=O)N(C)CCC(C)C)CC1. The Balaban J connectivity index is 1.59. The van der Waals surface area contributed by atoms with Gasteiger partial charge in [-0.25, -0.2) is 4.79 Å². The largest absolute Gasteiger partial charge is 0.493 e. The molecule has 280 valence electrons. The third-order valence-corrected chi connectivity index (χ3v) is 11.4. The molecule has 3 aromatic rings. The van der Waals surface area contributed by atoms with Crippen molar-refractivity contribution in [1.82, 2.24) is 19.7 Å². The van der Waals surface area contributed by atoms with Crippen LogP contribution in [0.1, 0.15) is 103 Å². The van der Waals surface area contributed by atoms with Crippen LogP contribution in [0.15, 0.2) is 65.8 Å². The summed E-state index contributed by atoms with van der Waals surface area (Å²) in [5.74, 6) is 2.03. The lowest BCUT2D eigenvalue weighted by Gasteiger charge is -2.47. The fourth-order valence-electron chi connectivity index (χ4n) is 7.31. The van der Waals surface area contributed by atoms with E-state index in [0.29, 0.717) is 59.2 Å². The summed E-state index contributed by atoms with van der Waals surface area (Å²) in [6, 6.07) is 17.2. The molecule has 8 nitrogen and oxygen atoms in total. The Morgan fingerprint density at radius 3 is 2.10 bits per heavy atom. The van der Waals surface area contributed by atoms with Crippen LogP contribution in [0.3, 0.4) is 0 Å². The molecule has 2 aromatic carbocycles. The monoisotopic (exact) mass is 747 g/mol. The maximum absolute atomic E-state index is 15.3. The second kappa shape index (κ2) is 15.8. The van der Waals surface area contributed by atoms with Crippen molar-refractivity contribution in [3.8, 4) is 5.75 Å². The second-order valence-electron chi connectivity index (χ2n) is 16.1. The summed E-state index contributed by atoms with van der Waals surface area (Å²) in [7, 11) is 1.90. The number of carbonyl (C=O) groups excluding carboxylic acids is 2. The van der Waals surface area contributed by atoms with E-state index in [1.165, 1.54) is 0 Å². The number of carbonyl (C=O) groups is 2. The minimum absolute atomic E-state index is 0.157. The Kier molecular flexibility index (Phi) is 12.0. The van der Waals surface area contributed by atoms with E-state index in [9.17, 15) is 4.79 Å². The van der Waals surface area contributed by atoms with E-state index in [4.69, 9.17) is 37.9 Å². The molecule has 0 saturated carbocycles. The number of aliphatic imine (C=N–C) groups is 1. The highest BCUT2D eigenvalue weighted by atomic mass is 35.5. The number of amidine groups is 1. The van der Waals surface area contributed by atoms with Crippen LogP contribution >= 0.6 is 23.2 Å². The van der Waals surface area contributed by atoms with Crippen LogP contribution in [0.4, 0.5) is 4.79 Å². The first-order valence-corrected chi connectivity index (χ1v) is 19.3. The number of piperidine rings is 1. The molecule has 1 saturated heterocycles. The quantitative estimate of drug-likeness (QED) is 0.207. The van der Waals surface area contributed by atoms with E-state index in [-0.39, 0.29) is 23.3 Å². The van der Waals surface area contributed by atoms with Gasteiger partial charge in [0.2, 0.25) is 5.91 Å². The molecule has 0 unspecified atom stereocenters. The van der Waals surface area contributed by atoms with Crippen molar-refractivity contribution < 1.29 is 14.3 Å². The molecule has 2 aliphatic rings.